The lowest BCUT2D eigenvalue weighted by atomic mass is 10.2. The van der Waals surface area contributed by atoms with Crippen LogP contribution in [0.5, 0.6) is 5.75 Å². The molecule has 0 fully saturated rings. The van der Waals surface area contributed by atoms with Crippen molar-refractivity contribution >= 4 is 11.8 Å². The van der Waals surface area contributed by atoms with Gasteiger partial charge in [-0.15, -0.1) is 0 Å². The van der Waals surface area contributed by atoms with Crippen molar-refractivity contribution < 1.29 is 18.7 Å². The summed E-state index contributed by atoms with van der Waals surface area (Å²) in [5.41, 5.74) is 1.28. The maximum absolute atomic E-state index is 13.4. The average molecular weight is 330 g/mol. The maximum atomic E-state index is 13.4. The van der Waals surface area contributed by atoms with Crippen LogP contribution < -0.4 is 15.4 Å². The summed E-state index contributed by atoms with van der Waals surface area (Å²) in [6.07, 6.45) is -0.301. The number of benzene rings is 2. The standard InChI is InChI=1S/C18H19FN2O3/c1-24-15-8-6-13(7-9-15)11-20-17(22)10-18(23)21-12-14-4-2-3-5-16(14)19/h2-9H,10-12H2,1H3,(H,20,22)(H,21,23). The average Bonchev–Trinajstić information content (AvgIpc) is 2.59. The molecule has 0 saturated carbocycles. The van der Waals surface area contributed by atoms with Gasteiger partial charge in [-0.2, -0.15) is 0 Å². The highest BCUT2D eigenvalue weighted by Gasteiger charge is 2.10. The van der Waals surface area contributed by atoms with Gasteiger partial charge in [-0.25, -0.2) is 4.39 Å². The number of methoxy groups -OCH3 is 1. The zero-order valence-corrected chi connectivity index (χ0v) is 13.3. The molecule has 5 nitrogen and oxygen atoms in total. The predicted molar refractivity (Wildman–Crippen MR) is 87.7 cm³/mol. The molecule has 0 heterocycles. The van der Waals surface area contributed by atoms with Crippen LogP contribution in [0.3, 0.4) is 0 Å². The quantitative estimate of drug-likeness (QED) is 0.765. The number of carbonyl (C=O) groups excluding carboxylic acids is 2. The van der Waals surface area contributed by atoms with E-state index in [0.717, 1.165) is 11.3 Å². The minimum atomic E-state index is -0.453. The Morgan fingerprint density at radius 2 is 1.58 bits per heavy atom. The van der Waals surface area contributed by atoms with E-state index in [2.05, 4.69) is 10.6 Å². The van der Waals surface area contributed by atoms with Crippen LogP contribution in [0, 0.1) is 5.82 Å². The van der Waals surface area contributed by atoms with E-state index >= 15 is 0 Å². The fraction of sp³-hybridized carbons (Fsp3) is 0.222. The zero-order chi connectivity index (χ0) is 17.4. The predicted octanol–water partition coefficient (Wildman–Crippen LogP) is 2.16. The highest BCUT2D eigenvalue weighted by atomic mass is 19.1. The summed E-state index contributed by atoms with van der Waals surface area (Å²) in [5, 5.41) is 5.19. The number of hydrogen-bond donors (Lipinski definition) is 2. The molecule has 0 atom stereocenters. The van der Waals surface area contributed by atoms with Crippen LogP contribution in [-0.2, 0) is 22.7 Å². The van der Waals surface area contributed by atoms with Gasteiger partial charge in [-0.05, 0) is 23.8 Å². The molecule has 2 amide bonds. The molecule has 0 aliphatic carbocycles. The Bertz CT molecular complexity index is 702. The van der Waals surface area contributed by atoms with Crippen molar-refractivity contribution in [2.24, 2.45) is 0 Å². The molecule has 2 aromatic carbocycles. The fourth-order valence-corrected chi connectivity index (χ4v) is 2.05. The van der Waals surface area contributed by atoms with Gasteiger partial charge in [-0.3, -0.25) is 9.59 Å². The van der Waals surface area contributed by atoms with E-state index in [4.69, 9.17) is 4.74 Å². The second-order valence-corrected chi connectivity index (χ2v) is 5.17. The Morgan fingerprint density at radius 1 is 0.958 bits per heavy atom. The van der Waals surface area contributed by atoms with Gasteiger partial charge in [0.05, 0.1) is 7.11 Å². The first-order chi connectivity index (χ1) is 11.6. The number of hydrogen-bond acceptors (Lipinski definition) is 3. The van der Waals surface area contributed by atoms with Crippen LogP contribution in [0.1, 0.15) is 17.5 Å². The molecule has 0 spiro atoms. The summed E-state index contributed by atoms with van der Waals surface area (Å²) in [4.78, 5) is 23.5. The number of nitrogens with one attached hydrogen (secondary N) is 2. The van der Waals surface area contributed by atoms with Crippen LogP contribution in [0.2, 0.25) is 0 Å². The minimum absolute atomic E-state index is 0.0528. The zero-order valence-electron chi connectivity index (χ0n) is 13.3. The first kappa shape index (κ1) is 17.5. The van der Waals surface area contributed by atoms with Crippen LogP contribution in [0.25, 0.3) is 0 Å². The van der Waals surface area contributed by atoms with Gasteiger partial charge in [-0.1, -0.05) is 30.3 Å². The Balaban J connectivity index is 1.73. The molecule has 6 heteroatoms. The smallest absolute Gasteiger partial charge is 0.229 e. The molecule has 0 aliphatic heterocycles. The normalized spacial score (nSPS) is 10.1. The van der Waals surface area contributed by atoms with Crippen molar-refractivity contribution in [2.45, 2.75) is 19.5 Å². The van der Waals surface area contributed by atoms with Gasteiger partial charge in [0.15, 0.2) is 0 Å². The number of rotatable bonds is 7. The summed E-state index contributed by atoms with van der Waals surface area (Å²) >= 11 is 0. The second kappa shape index (κ2) is 8.67. The Labute approximate surface area is 139 Å². The molecule has 126 valence electrons. The maximum Gasteiger partial charge on any atom is 0.229 e. The van der Waals surface area contributed by atoms with E-state index in [0.29, 0.717) is 12.1 Å². The molecule has 24 heavy (non-hydrogen) atoms. The fourth-order valence-electron chi connectivity index (χ4n) is 2.05. The number of amides is 2. The van der Waals surface area contributed by atoms with Gasteiger partial charge in [0.25, 0.3) is 0 Å². The monoisotopic (exact) mass is 330 g/mol. The van der Waals surface area contributed by atoms with E-state index in [1.54, 1.807) is 37.4 Å². The van der Waals surface area contributed by atoms with Crippen molar-refractivity contribution in [1.82, 2.24) is 10.6 Å². The summed E-state index contributed by atoms with van der Waals surface area (Å²) < 4.78 is 18.5. The lowest BCUT2D eigenvalue weighted by molar-refractivity contribution is -0.129. The van der Waals surface area contributed by atoms with E-state index < -0.39 is 11.8 Å². The molecular formula is C18H19FN2O3. The summed E-state index contributed by atoms with van der Waals surface area (Å²) in [6.45, 7) is 0.376. The number of ether oxygens (including phenoxy) is 1. The third-order valence-corrected chi connectivity index (χ3v) is 3.40. The minimum Gasteiger partial charge on any atom is -0.497 e. The van der Waals surface area contributed by atoms with Gasteiger partial charge in [0.2, 0.25) is 11.8 Å². The molecule has 0 aromatic heterocycles. The van der Waals surface area contributed by atoms with Crippen molar-refractivity contribution in [3.8, 4) is 5.75 Å². The molecule has 0 unspecified atom stereocenters. The van der Waals surface area contributed by atoms with E-state index in [-0.39, 0.29) is 18.8 Å². The lowest BCUT2D eigenvalue weighted by Crippen LogP contribution is -2.31. The van der Waals surface area contributed by atoms with E-state index in [1.807, 2.05) is 12.1 Å². The van der Waals surface area contributed by atoms with Gasteiger partial charge in [0.1, 0.15) is 18.0 Å². The third-order valence-electron chi connectivity index (χ3n) is 3.40. The molecular weight excluding hydrogens is 311 g/mol. The molecule has 0 aliphatic rings. The summed E-state index contributed by atoms with van der Waals surface area (Å²) in [6, 6.07) is 13.4. The molecule has 2 N–H and O–H groups in total. The van der Waals surface area contributed by atoms with E-state index in [1.165, 1.54) is 6.07 Å². The molecule has 2 rings (SSSR count). The summed E-state index contributed by atoms with van der Waals surface area (Å²) in [5.74, 6) is -0.498. The van der Waals surface area contributed by atoms with Crippen LogP contribution in [0.4, 0.5) is 4.39 Å². The summed E-state index contributed by atoms with van der Waals surface area (Å²) in [7, 11) is 1.58. The lowest BCUT2D eigenvalue weighted by Gasteiger charge is -2.08. The Kier molecular flexibility index (Phi) is 6.31. The van der Waals surface area contributed by atoms with Crippen molar-refractivity contribution in [1.29, 1.82) is 0 Å². The van der Waals surface area contributed by atoms with Gasteiger partial charge >= 0.3 is 0 Å². The highest BCUT2D eigenvalue weighted by molar-refractivity contribution is 5.96. The first-order valence-corrected chi connectivity index (χ1v) is 7.48. The van der Waals surface area contributed by atoms with Gasteiger partial charge < -0.3 is 15.4 Å². The van der Waals surface area contributed by atoms with Crippen molar-refractivity contribution in [3.63, 3.8) is 0 Å². The van der Waals surface area contributed by atoms with Crippen LogP contribution >= 0.6 is 0 Å². The van der Waals surface area contributed by atoms with Crippen molar-refractivity contribution in [2.75, 3.05) is 7.11 Å². The number of halogens is 1. The largest absolute Gasteiger partial charge is 0.497 e. The number of carbonyl (C=O) groups is 2. The molecule has 0 radical (unpaired) electrons. The van der Waals surface area contributed by atoms with Crippen LogP contribution in [0.15, 0.2) is 48.5 Å². The SMILES string of the molecule is COc1ccc(CNC(=O)CC(=O)NCc2ccccc2F)cc1. The molecule has 2 aromatic rings. The second-order valence-electron chi connectivity index (χ2n) is 5.17. The van der Waals surface area contributed by atoms with Crippen molar-refractivity contribution in [3.05, 3.63) is 65.5 Å². The van der Waals surface area contributed by atoms with Crippen LogP contribution in [-0.4, -0.2) is 18.9 Å². The Hall–Kier alpha value is -2.89. The molecule has 0 saturated heterocycles. The highest BCUT2D eigenvalue weighted by Crippen LogP contribution is 2.11. The Morgan fingerprint density at radius 3 is 2.21 bits per heavy atom. The third kappa shape index (κ3) is 5.39. The van der Waals surface area contributed by atoms with E-state index in [9.17, 15) is 14.0 Å². The first-order valence-electron chi connectivity index (χ1n) is 7.48. The topological polar surface area (TPSA) is 67.4 Å². The molecule has 0 bridgehead atoms. The van der Waals surface area contributed by atoms with Gasteiger partial charge in [0, 0.05) is 18.7 Å².